The lowest BCUT2D eigenvalue weighted by Crippen LogP contribution is -2.04. The Bertz CT molecular complexity index is 105. The van der Waals surface area contributed by atoms with Crippen LogP contribution in [0.5, 0.6) is 0 Å². The minimum Gasteiger partial charge on any atom is -0.106 e. The van der Waals surface area contributed by atoms with Crippen molar-refractivity contribution in [1.29, 1.82) is 0 Å². The second kappa shape index (κ2) is 5.55. The molecule has 0 aliphatic carbocycles. The average Bonchev–Trinajstić information content (AvgIpc) is 1.78. The highest BCUT2D eigenvalue weighted by Crippen LogP contribution is 2.20. The molecule has 0 radical (unpaired) electrons. The first kappa shape index (κ1) is 10.9. The molecule has 0 aromatic carbocycles. The Morgan fingerprint density at radius 1 is 1.40 bits per heavy atom. The molecule has 0 aromatic rings. The third-order valence-electron chi connectivity index (χ3n) is 1.13. The van der Waals surface area contributed by atoms with Crippen molar-refractivity contribution in [3.05, 3.63) is 11.8 Å². The summed E-state index contributed by atoms with van der Waals surface area (Å²) in [5.74, 6) is 0. The largest absolute Gasteiger partial charge is 0.220 e. The number of rotatable bonds is 4. The van der Waals surface area contributed by atoms with Gasteiger partial charge in [0.1, 0.15) is 0 Å². The van der Waals surface area contributed by atoms with E-state index in [9.17, 15) is 0 Å². The van der Waals surface area contributed by atoms with Gasteiger partial charge in [0.15, 0.2) is 0 Å². The Hall–Kier alpha value is 0.917. The third-order valence-corrected chi connectivity index (χ3v) is 3.54. The second-order valence-electron chi connectivity index (χ2n) is 2.50. The van der Waals surface area contributed by atoms with Crippen molar-refractivity contribution in [2.45, 2.75) is 32.7 Å². The molecule has 60 valence electrons. The maximum absolute atomic E-state index is 3.60. The van der Waals surface area contributed by atoms with Crippen LogP contribution in [0, 0.1) is 0 Å². The zero-order valence-corrected chi connectivity index (χ0v) is 10.7. The predicted molar refractivity (Wildman–Crippen MR) is 58.1 cm³/mol. The minimum absolute atomic E-state index is 1.22. The molecule has 0 nitrogen and oxygen atoms in total. The van der Waals surface area contributed by atoms with Gasteiger partial charge in [0, 0.05) is 0 Å². The summed E-state index contributed by atoms with van der Waals surface area (Å²) in [7, 11) is 0. The Morgan fingerprint density at radius 3 is 2.40 bits per heavy atom. The topological polar surface area (TPSA) is 0 Å². The van der Waals surface area contributed by atoms with E-state index >= 15 is 0 Å². The zero-order chi connectivity index (χ0) is 8.04. The zero-order valence-electron chi connectivity index (χ0n) is 6.53. The summed E-state index contributed by atoms with van der Waals surface area (Å²) in [6.45, 7) is 4.42. The van der Waals surface area contributed by atoms with Crippen LogP contribution in [-0.4, -0.2) is 5.31 Å². The van der Waals surface area contributed by atoms with Crippen molar-refractivity contribution >= 4 is 35.9 Å². The van der Waals surface area contributed by atoms with Gasteiger partial charge >= 0.3 is 0 Å². The molecular weight excluding hydrogens is 272 g/mol. The molecular formula is C7H14Br2Si. The van der Waals surface area contributed by atoms with Crippen molar-refractivity contribution in [3.63, 3.8) is 0 Å². The molecule has 0 heterocycles. The van der Waals surface area contributed by atoms with E-state index in [4.69, 9.17) is 0 Å². The lowest BCUT2D eigenvalue weighted by atomic mass is 10.2. The Kier molecular flexibility index (Phi) is 6.06. The van der Waals surface area contributed by atoms with Crippen LogP contribution < -0.4 is 0 Å². The van der Waals surface area contributed by atoms with Crippen LogP contribution in [0.15, 0.2) is 11.8 Å². The predicted octanol–water partition coefficient (Wildman–Crippen LogP) is 4.13. The summed E-state index contributed by atoms with van der Waals surface area (Å²) in [5.41, 5.74) is 2.27. The van der Waals surface area contributed by atoms with E-state index in [-0.39, 0.29) is 0 Å². The molecule has 0 unspecified atom stereocenters. The molecule has 0 aromatic heterocycles. The molecule has 10 heavy (non-hydrogen) atoms. The number of unbranched alkanes of at least 4 members (excludes halogenated alkanes) is 2. The number of hydrogen-bond acceptors (Lipinski definition) is 0. The van der Waals surface area contributed by atoms with Crippen molar-refractivity contribution in [3.8, 4) is 0 Å². The molecule has 0 rings (SSSR count). The van der Waals surface area contributed by atoms with Crippen LogP contribution >= 0.6 is 30.6 Å². The molecule has 0 N–H and O–H groups in total. The number of allylic oxidation sites excluding steroid dienone is 1. The van der Waals surface area contributed by atoms with Crippen LogP contribution in [0.2, 0.25) is 6.55 Å². The number of hydrogen-bond donors (Lipinski definition) is 0. The lowest BCUT2D eigenvalue weighted by molar-refractivity contribution is 0.815. The van der Waals surface area contributed by atoms with Crippen LogP contribution in [0.1, 0.15) is 26.2 Å². The van der Waals surface area contributed by atoms with Gasteiger partial charge in [-0.25, -0.2) is 0 Å². The summed E-state index contributed by atoms with van der Waals surface area (Å²) in [5, 5.41) is -1.26. The first-order valence-corrected chi connectivity index (χ1v) is 10.7. The molecule has 0 spiro atoms. The van der Waals surface area contributed by atoms with E-state index in [1.165, 1.54) is 19.3 Å². The Morgan fingerprint density at radius 2 is 2.00 bits per heavy atom. The normalized spacial score (nSPS) is 12.8. The summed E-state index contributed by atoms with van der Waals surface area (Å²) in [4.78, 5) is 0. The Labute approximate surface area is 80.3 Å². The lowest BCUT2D eigenvalue weighted by Gasteiger charge is -2.01. The van der Waals surface area contributed by atoms with Crippen molar-refractivity contribution in [2.24, 2.45) is 0 Å². The third kappa shape index (κ3) is 8.92. The second-order valence-corrected chi connectivity index (χ2v) is 17.8. The molecule has 0 atom stereocenters. The van der Waals surface area contributed by atoms with Crippen LogP contribution in [0.4, 0.5) is 0 Å². The monoisotopic (exact) mass is 284 g/mol. The highest BCUT2D eigenvalue weighted by molar-refractivity contribution is 9.51. The van der Waals surface area contributed by atoms with Crippen LogP contribution in [0.25, 0.3) is 0 Å². The van der Waals surface area contributed by atoms with Gasteiger partial charge in [-0.1, -0.05) is 31.5 Å². The van der Waals surface area contributed by atoms with Crippen molar-refractivity contribution < 1.29 is 0 Å². The fourth-order valence-corrected chi connectivity index (χ4v) is 2.31. The fraction of sp³-hybridized carbons (Fsp3) is 0.714. The van der Waals surface area contributed by atoms with Gasteiger partial charge in [-0.15, -0.1) is 30.6 Å². The summed E-state index contributed by atoms with van der Waals surface area (Å²) >= 11 is 7.20. The summed E-state index contributed by atoms with van der Waals surface area (Å²) in [6.07, 6.45) is 6.07. The minimum atomic E-state index is -1.26. The van der Waals surface area contributed by atoms with Gasteiger partial charge in [-0.05, 0) is 13.0 Å². The van der Waals surface area contributed by atoms with Crippen LogP contribution in [-0.2, 0) is 0 Å². The standard InChI is InChI=1S/C7H14Br2Si/c1-3-4-5-6-7-10(2,8)9/h6-7H,3-5H2,1-2H3. The number of halogens is 2. The molecule has 0 aliphatic rings. The average molecular weight is 286 g/mol. The first-order valence-electron chi connectivity index (χ1n) is 3.62. The van der Waals surface area contributed by atoms with Gasteiger partial charge in [-0.3, -0.25) is 0 Å². The van der Waals surface area contributed by atoms with Gasteiger partial charge in [-0.2, -0.15) is 0 Å². The van der Waals surface area contributed by atoms with E-state index in [0.29, 0.717) is 0 Å². The summed E-state index contributed by atoms with van der Waals surface area (Å²) in [6, 6.07) is 0. The van der Waals surface area contributed by atoms with Gasteiger partial charge < -0.3 is 0 Å². The van der Waals surface area contributed by atoms with E-state index in [2.05, 4.69) is 55.8 Å². The van der Waals surface area contributed by atoms with Crippen LogP contribution in [0.3, 0.4) is 0 Å². The van der Waals surface area contributed by atoms with E-state index in [0.717, 1.165) is 0 Å². The van der Waals surface area contributed by atoms with Gasteiger partial charge in [0.05, 0.1) is 0 Å². The molecule has 0 saturated heterocycles. The molecule has 0 saturated carbocycles. The van der Waals surface area contributed by atoms with Crippen molar-refractivity contribution in [2.75, 3.05) is 0 Å². The first-order chi connectivity index (χ1) is 4.56. The fourth-order valence-electron chi connectivity index (χ4n) is 0.612. The smallest absolute Gasteiger partial charge is 0.106 e. The Balaban J connectivity index is 3.37. The maximum Gasteiger partial charge on any atom is 0.220 e. The van der Waals surface area contributed by atoms with Gasteiger partial charge in [0.25, 0.3) is 0 Å². The van der Waals surface area contributed by atoms with Gasteiger partial charge in [0.2, 0.25) is 5.31 Å². The van der Waals surface area contributed by atoms with E-state index < -0.39 is 5.31 Å². The van der Waals surface area contributed by atoms with E-state index in [1.807, 2.05) is 0 Å². The molecule has 3 heteroatoms. The molecule has 0 fully saturated rings. The molecule has 0 bridgehead atoms. The quantitative estimate of drug-likeness (QED) is 0.414. The highest BCUT2D eigenvalue weighted by atomic mass is 79.9. The molecule has 0 aliphatic heterocycles. The van der Waals surface area contributed by atoms with E-state index in [1.54, 1.807) is 0 Å². The maximum atomic E-state index is 3.60. The summed E-state index contributed by atoms with van der Waals surface area (Å²) < 4.78 is 0. The SMILES string of the molecule is CCCCC=C[Si](C)(Br)Br. The van der Waals surface area contributed by atoms with Crippen molar-refractivity contribution in [1.82, 2.24) is 0 Å². The highest BCUT2D eigenvalue weighted by Gasteiger charge is 2.12. The molecule has 0 amide bonds.